The predicted octanol–water partition coefficient (Wildman–Crippen LogP) is 2.84. The first kappa shape index (κ1) is 18.4. The summed E-state index contributed by atoms with van der Waals surface area (Å²) in [6, 6.07) is 14.3. The van der Waals surface area contributed by atoms with Crippen molar-refractivity contribution in [2.45, 2.75) is 19.3 Å². The van der Waals surface area contributed by atoms with Crippen molar-refractivity contribution in [2.24, 2.45) is 0 Å². The monoisotopic (exact) mass is 333 g/mol. The molecule has 0 fully saturated rings. The van der Waals surface area contributed by atoms with Gasteiger partial charge in [-0.1, -0.05) is 30.3 Å². The van der Waals surface area contributed by atoms with Gasteiger partial charge in [-0.15, -0.1) is 0 Å². The number of likely N-dealkylation sites (N-methyl/N-ethyl adjacent to an activating group) is 1. The SMILES string of the molecule is COc1cccc(COCC(O)CN(C)Cc2ccccc2F)c1. The average Bonchev–Trinajstić information content (AvgIpc) is 2.57. The van der Waals surface area contributed by atoms with E-state index < -0.39 is 6.10 Å². The van der Waals surface area contributed by atoms with Gasteiger partial charge in [-0.2, -0.15) is 0 Å². The fourth-order valence-electron chi connectivity index (χ4n) is 2.47. The van der Waals surface area contributed by atoms with E-state index in [1.54, 1.807) is 25.3 Å². The van der Waals surface area contributed by atoms with Crippen LogP contribution in [0.2, 0.25) is 0 Å². The van der Waals surface area contributed by atoms with E-state index in [0.717, 1.165) is 11.3 Å². The second-order valence-corrected chi connectivity index (χ2v) is 5.81. The lowest BCUT2D eigenvalue weighted by Gasteiger charge is -2.21. The van der Waals surface area contributed by atoms with Gasteiger partial charge < -0.3 is 14.6 Å². The van der Waals surface area contributed by atoms with Crippen LogP contribution in [0.1, 0.15) is 11.1 Å². The lowest BCUT2D eigenvalue weighted by molar-refractivity contribution is 0.0125. The van der Waals surface area contributed by atoms with Crippen LogP contribution in [0.3, 0.4) is 0 Å². The predicted molar refractivity (Wildman–Crippen MR) is 91.4 cm³/mol. The number of nitrogens with zero attached hydrogens (tertiary/aromatic N) is 1. The number of rotatable bonds is 9. The Hall–Kier alpha value is -1.95. The molecule has 0 spiro atoms. The van der Waals surface area contributed by atoms with Gasteiger partial charge in [0.1, 0.15) is 11.6 Å². The van der Waals surface area contributed by atoms with Crippen LogP contribution in [-0.2, 0) is 17.9 Å². The summed E-state index contributed by atoms with van der Waals surface area (Å²) in [7, 11) is 3.47. The zero-order valence-electron chi connectivity index (χ0n) is 14.1. The summed E-state index contributed by atoms with van der Waals surface area (Å²) in [5.41, 5.74) is 1.60. The number of aliphatic hydroxyl groups excluding tert-OH is 1. The molecular formula is C19H24FNO3. The maximum atomic E-state index is 13.6. The van der Waals surface area contributed by atoms with Gasteiger partial charge in [-0.25, -0.2) is 4.39 Å². The molecule has 0 aliphatic heterocycles. The normalized spacial score (nSPS) is 12.4. The highest BCUT2D eigenvalue weighted by Gasteiger charge is 2.11. The maximum Gasteiger partial charge on any atom is 0.127 e. The molecule has 1 unspecified atom stereocenters. The van der Waals surface area contributed by atoms with Crippen molar-refractivity contribution in [2.75, 3.05) is 27.3 Å². The zero-order chi connectivity index (χ0) is 17.4. The first-order valence-corrected chi connectivity index (χ1v) is 7.89. The molecule has 24 heavy (non-hydrogen) atoms. The maximum absolute atomic E-state index is 13.6. The average molecular weight is 333 g/mol. The summed E-state index contributed by atoms with van der Waals surface area (Å²) in [5.74, 6) is 0.550. The van der Waals surface area contributed by atoms with Gasteiger partial charge in [-0.3, -0.25) is 4.90 Å². The summed E-state index contributed by atoms with van der Waals surface area (Å²) >= 11 is 0. The number of ether oxygens (including phenoxy) is 2. The summed E-state index contributed by atoms with van der Waals surface area (Å²) in [6.45, 7) is 1.48. The van der Waals surface area contributed by atoms with Gasteiger partial charge in [0.05, 0.1) is 26.4 Å². The molecule has 2 rings (SSSR count). The van der Waals surface area contributed by atoms with Crippen LogP contribution in [-0.4, -0.2) is 43.4 Å². The first-order chi connectivity index (χ1) is 11.6. The molecule has 4 nitrogen and oxygen atoms in total. The quantitative estimate of drug-likeness (QED) is 0.766. The van der Waals surface area contributed by atoms with Crippen molar-refractivity contribution in [3.8, 4) is 5.75 Å². The zero-order valence-corrected chi connectivity index (χ0v) is 14.1. The third kappa shape index (κ3) is 5.92. The molecular weight excluding hydrogens is 309 g/mol. The van der Waals surface area contributed by atoms with E-state index >= 15 is 0 Å². The van der Waals surface area contributed by atoms with Crippen LogP contribution in [0.15, 0.2) is 48.5 Å². The molecule has 0 bridgehead atoms. The Bertz CT molecular complexity index is 636. The molecule has 5 heteroatoms. The van der Waals surface area contributed by atoms with Gasteiger partial charge in [0.2, 0.25) is 0 Å². The smallest absolute Gasteiger partial charge is 0.127 e. The molecule has 1 atom stereocenters. The van der Waals surface area contributed by atoms with Crippen LogP contribution in [0, 0.1) is 5.82 Å². The van der Waals surface area contributed by atoms with Crippen molar-refractivity contribution in [1.82, 2.24) is 4.90 Å². The molecule has 0 aromatic heterocycles. The summed E-state index contributed by atoms with van der Waals surface area (Å²) in [5, 5.41) is 10.1. The molecule has 2 aromatic rings. The van der Waals surface area contributed by atoms with Crippen molar-refractivity contribution in [3.63, 3.8) is 0 Å². The Morgan fingerprint density at radius 1 is 1.17 bits per heavy atom. The van der Waals surface area contributed by atoms with Crippen LogP contribution in [0.25, 0.3) is 0 Å². The molecule has 0 radical (unpaired) electrons. The fourth-order valence-corrected chi connectivity index (χ4v) is 2.47. The van der Waals surface area contributed by atoms with E-state index in [1.807, 2.05) is 36.2 Å². The Labute approximate surface area is 142 Å². The largest absolute Gasteiger partial charge is 0.497 e. The number of hydrogen-bond acceptors (Lipinski definition) is 4. The minimum atomic E-state index is -0.632. The summed E-state index contributed by atoms with van der Waals surface area (Å²) < 4.78 is 24.3. The van der Waals surface area contributed by atoms with E-state index in [2.05, 4.69) is 0 Å². The second-order valence-electron chi connectivity index (χ2n) is 5.81. The van der Waals surface area contributed by atoms with E-state index in [0.29, 0.717) is 25.3 Å². The number of aliphatic hydroxyl groups is 1. The number of methoxy groups -OCH3 is 1. The first-order valence-electron chi connectivity index (χ1n) is 7.89. The molecule has 0 amide bonds. The molecule has 0 aliphatic rings. The Morgan fingerprint density at radius 3 is 2.71 bits per heavy atom. The minimum Gasteiger partial charge on any atom is -0.497 e. The third-order valence-corrected chi connectivity index (χ3v) is 3.63. The molecule has 0 saturated carbocycles. The van der Waals surface area contributed by atoms with E-state index in [1.165, 1.54) is 6.07 Å². The van der Waals surface area contributed by atoms with Crippen molar-refractivity contribution in [1.29, 1.82) is 0 Å². The van der Waals surface area contributed by atoms with Gasteiger partial charge in [0.25, 0.3) is 0 Å². The fraction of sp³-hybridized carbons (Fsp3) is 0.368. The molecule has 0 aliphatic carbocycles. The van der Waals surface area contributed by atoms with Gasteiger partial charge in [-0.05, 0) is 30.8 Å². The van der Waals surface area contributed by atoms with Crippen LogP contribution in [0.4, 0.5) is 4.39 Å². The van der Waals surface area contributed by atoms with Crippen LogP contribution < -0.4 is 4.74 Å². The molecule has 0 heterocycles. The second kappa shape index (κ2) is 9.37. The van der Waals surface area contributed by atoms with E-state index in [4.69, 9.17) is 9.47 Å². The Morgan fingerprint density at radius 2 is 1.96 bits per heavy atom. The lowest BCUT2D eigenvalue weighted by atomic mass is 10.2. The highest BCUT2D eigenvalue weighted by atomic mass is 19.1. The molecule has 0 saturated heterocycles. The minimum absolute atomic E-state index is 0.221. The van der Waals surface area contributed by atoms with Gasteiger partial charge in [0, 0.05) is 18.7 Å². The van der Waals surface area contributed by atoms with Crippen molar-refractivity contribution < 1.29 is 19.0 Å². The highest BCUT2D eigenvalue weighted by Crippen LogP contribution is 2.13. The topological polar surface area (TPSA) is 41.9 Å². The van der Waals surface area contributed by atoms with Crippen LogP contribution >= 0.6 is 0 Å². The van der Waals surface area contributed by atoms with Crippen molar-refractivity contribution in [3.05, 3.63) is 65.5 Å². The van der Waals surface area contributed by atoms with Gasteiger partial charge in [0.15, 0.2) is 0 Å². The molecule has 2 aromatic carbocycles. The number of halogens is 1. The lowest BCUT2D eigenvalue weighted by Crippen LogP contribution is -2.32. The van der Waals surface area contributed by atoms with Crippen molar-refractivity contribution >= 4 is 0 Å². The molecule has 1 N–H and O–H groups in total. The summed E-state index contributed by atoms with van der Waals surface area (Å²) in [6.07, 6.45) is -0.632. The highest BCUT2D eigenvalue weighted by molar-refractivity contribution is 5.27. The Balaban J connectivity index is 1.72. The standard InChI is InChI=1S/C19H24FNO3/c1-21(11-16-7-3-4-9-19(16)20)12-17(22)14-24-13-15-6-5-8-18(10-15)23-2/h3-10,17,22H,11-14H2,1-2H3. The summed E-state index contributed by atoms with van der Waals surface area (Å²) in [4.78, 5) is 1.87. The van der Waals surface area contributed by atoms with Gasteiger partial charge >= 0.3 is 0 Å². The molecule has 130 valence electrons. The van der Waals surface area contributed by atoms with E-state index in [9.17, 15) is 9.50 Å². The van der Waals surface area contributed by atoms with Crippen LogP contribution in [0.5, 0.6) is 5.75 Å². The third-order valence-electron chi connectivity index (χ3n) is 3.63. The Kier molecular flexibility index (Phi) is 7.18. The number of benzene rings is 2. The van der Waals surface area contributed by atoms with E-state index in [-0.39, 0.29) is 12.4 Å². The number of hydrogen-bond donors (Lipinski definition) is 1.